The van der Waals surface area contributed by atoms with Crippen LogP contribution in [0.5, 0.6) is 11.5 Å². The number of nitrogens with one attached hydrogen (secondary N) is 1. The van der Waals surface area contributed by atoms with Gasteiger partial charge in [0.25, 0.3) is 5.89 Å². The topological polar surface area (TPSA) is 137 Å². The van der Waals surface area contributed by atoms with Crippen molar-refractivity contribution in [3.05, 3.63) is 77.0 Å². The lowest BCUT2D eigenvalue weighted by molar-refractivity contribution is 0.0396. The number of aliphatic hydroxyl groups is 1. The molecular weight excluding hydrogens is 599 g/mol. The summed E-state index contributed by atoms with van der Waals surface area (Å²) in [5, 5.41) is 15.6. The lowest BCUT2D eigenvalue weighted by atomic mass is 9.88. The van der Waals surface area contributed by atoms with E-state index in [-0.39, 0.29) is 31.1 Å². The highest BCUT2D eigenvalue weighted by atomic mass is 32.2. The molecule has 0 bridgehead atoms. The van der Waals surface area contributed by atoms with Gasteiger partial charge in [0.05, 0.1) is 39.6 Å². The lowest BCUT2D eigenvalue weighted by Crippen LogP contribution is -2.47. The van der Waals surface area contributed by atoms with E-state index >= 15 is 0 Å². The Morgan fingerprint density at radius 1 is 1.13 bits per heavy atom. The molecule has 0 amide bonds. The van der Waals surface area contributed by atoms with Gasteiger partial charge in [0.2, 0.25) is 0 Å². The van der Waals surface area contributed by atoms with Crippen LogP contribution in [0, 0.1) is 12.7 Å². The predicted molar refractivity (Wildman–Crippen MR) is 168 cm³/mol. The number of carbonyl (C=O) groups excluding carboxylic acids is 1. The van der Waals surface area contributed by atoms with E-state index in [2.05, 4.69) is 14.9 Å². The third-order valence-corrected chi connectivity index (χ3v) is 9.48. The number of Topliss-reactive ketones (excluding diaryl/α,β-unsaturated/α-hetero) is 1. The summed E-state index contributed by atoms with van der Waals surface area (Å²) in [5.74, 6) is 1.01. The Hall–Kier alpha value is -4.00. The van der Waals surface area contributed by atoms with Gasteiger partial charge >= 0.3 is 0 Å². The lowest BCUT2D eigenvalue weighted by Gasteiger charge is -2.30. The number of pyridine rings is 1. The van der Waals surface area contributed by atoms with Crippen LogP contribution in [0.25, 0.3) is 22.7 Å². The zero-order chi connectivity index (χ0) is 32.7. The van der Waals surface area contributed by atoms with E-state index in [4.69, 9.17) is 19.0 Å². The van der Waals surface area contributed by atoms with Crippen LogP contribution >= 0.6 is 0 Å². The quantitative estimate of drug-likeness (QED) is 0.207. The Bertz CT molecular complexity index is 1770. The molecular formula is C33H37FN4O6S. The van der Waals surface area contributed by atoms with Crippen LogP contribution in [0.1, 0.15) is 74.9 Å². The van der Waals surface area contributed by atoms with Crippen molar-refractivity contribution in [3.8, 4) is 34.2 Å². The zero-order valence-electron chi connectivity index (χ0n) is 26.4. The second-order valence-corrected chi connectivity index (χ2v) is 14.6. The van der Waals surface area contributed by atoms with Crippen LogP contribution in [-0.4, -0.2) is 48.7 Å². The van der Waals surface area contributed by atoms with Gasteiger partial charge in [-0.3, -0.25) is 4.79 Å². The van der Waals surface area contributed by atoms with Gasteiger partial charge in [-0.25, -0.2) is 18.3 Å². The summed E-state index contributed by atoms with van der Waals surface area (Å²) in [6.07, 6.45) is 0.0478. The molecule has 10 nitrogen and oxygen atoms in total. The van der Waals surface area contributed by atoms with Gasteiger partial charge in [0.1, 0.15) is 29.5 Å². The van der Waals surface area contributed by atoms with Gasteiger partial charge in [-0.15, -0.1) is 0 Å². The molecule has 1 aliphatic rings. The van der Waals surface area contributed by atoms with E-state index in [0.29, 0.717) is 51.0 Å². The van der Waals surface area contributed by atoms with Crippen LogP contribution in [-0.2, 0) is 22.1 Å². The highest BCUT2D eigenvalue weighted by Crippen LogP contribution is 2.45. The number of aromatic nitrogens is 3. The first-order chi connectivity index (χ1) is 21.1. The molecule has 2 N–H and O–H groups in total. The fourth-order valence-corrected chi connectivity index (χ4v) is 5.87. The molecule has 5 rings (SSSR count). The largest absolute Gasteiger partial charge is 0.496 e. The van der Waals surface area contributed by atoms with E-state index in [9.17, 15) is 18.5 Å². The second kappa shape index (κ2) is 12.1. The SMILES string of the molecule is COc1cc(C(=O)CC[C@@](C)(O)c2cc3c(c(-c4ccc(F)cc4)n2)OC[C@@]3(C)NS(=O)C(C)(C)C)ccc1-c1nc(C)no1. The van der Waals surface area contributed by atoms with E-state index in [1.807, 2.05) is 27.7 Å². The molecule has 0 radical (unpaired) electrons. The minimum absolute atomic E-state index is 0.000127. The molecule has 2 aromatic heterocycles. The first-order valence-electron chi connectivity index (χ1n) is 14.5. The molecule has 1 aliphatic heterocycles. The molecule has 0 saturated heterocycles. The molecule has 12 heteroatoms. The van der Waals surface area contributed by atoms with E-state index in [0.717, 1.165) is 0 Å². The number of halogens is 1. The van der Waals surface area contributed by atoms with Crippen molar-refractivity contribution < 1.29 is 32.5 Å². The number of hydrogen-bond donors (Lipinski definition) is 2. The molecule has 0 saturated carbocycles. The van der Waals surface area contributed by atoms with Crippen molar-refractivity contribution >= 4 is 16.8 Å². The summed E-state index contributed by atoms with van der Waals surface area (Å²) in [5.41, 5.74) is 0.498. The highest BCUT2D eigenvalue weighted by Gasteiger charge is 2.43. The van der Waals surface area contributed by atoms with Gasteiger partial charge in [-0.2, -0.15) is 4.98 Å². The first kappa shape index (κ1) is 32.4. The maximum absolute atomic E-state index is 13.8. The van der Waals surface area contributed by atoms with Gasteiger partial charge < -0.3 is 19.1 Å². The number of nitrogens with zero attached hydrogens (tertiary/aromatic N) is 3. The minimum Gasteiger partial charge on any atom is -0.496 e. The molecule has 0 aliphatic carbocycles. The Kier molecular flexibility index (Phi) is 8.69. The fourth-order valence-electron chi connectivity index (χ4n) is 4.98. The number of methoxy groups -OCH3 is 1. The average molecular weight is 637 g/mol. The van der Waals surface area contributed by atoms with Crippen LogP contribution in [0.3, 0.4) is 0 Å². The minimum atomic E-state index is -1.54. The number of hydrogen-bond acceptors (Lipinski definition) is 9. The number of ether oxygens (including phenoxy) is 2. The van der Waals surface area contributed by atoms with Crippen LogP contribution in [0.2, 0.25) is 0 Å². The second-order valence-electron chi connectivity index (χ2n) is 12.6. The molecule has 3 heterocycles. The fraction of sp³-hybridized carbons (Fsp3) is 0.394. The number of aryl methyl sites for hydroxylation is 1. The maximum atomic E-state index is 13.8. The van der Waals surface area contributed by atoms with Crippen molar-refractivity contribution in [2.24, 2.45) is 0 Å². The maximum Gasteiger partial charge on any atom is 0.261 e. The highest BCUT2D eigenvalue weighted by molar-refractivity contribution is 7.84. The average Bonchev–Trinajstić information content (AvgIpc) is 3.58. The van der Waals surface area contributed by atoms with Gasteiger partial charge in [0.15, 0.2) is 17.4 Å². The monoisotopic (exact) mass is 636 g/mol. The van der Waals surface area contributed by atoms with E-state index < -0.39 is 32.7 Å². The van der Waals surface area contributed by atoms with Crippen molar-refractivity contribution in [1.29, 1.82) is 0 Å². The van der Waals surface area contributed by atoms with Crippen molar-refractivity contribution in [2.45, 2.75) is 70.3 Å². The summed E-state index contributed by atoms with van der Waals surface area (Å²) in [7, 11) is 0.0558. The zero-order valence-corrected chi connectivity index (χ0v) is 27.2. The van der Waals surface area contributed by atoms with Crippen LogP contribution < -0.4 is 14.2 Å². The van der Waals surface area contributed by atoms with E-state index in [1.165, 1.54) is 19.2 Å². The Morgan fingerprint density at radius 2 is 1.84 bits per heavy atom. The van der Waals surface area contributed by atoms with Crippen molar-refractivity contribution in [2.75, 3.05) is 13.7 Å². The Morgan fingerprint density at radius 3 is 2.47 bits per heavy atom. The third-order valence-electron chi connectivity index (χ3n) is 7.74. The Labute approximate surface area is 264 Å². The Balaban J connectivity index is 1.46. The van der Waals surface area contributed by atoms with Crippen molar-refractivity contribution in [1.82, 2.24) is 19.8 Å². The molecule has 4 aromatic rings. The smallest absolute Gasteiger partial charge is 0.261 e. The predicted octanol–water partition coefficient (Wildman–Crippen LogP) is 5.78. The van der Waals surface area contributed by atoms with Gasteiger partial charge in [-0.05, 0) is 90.4 Å². The van der Waals surface area contributed by atoms with Gasteiger partial charge in [0, 0.05) is 23.1 Å². The van der Waals surface area contributed by atoms with Crippen molar-refractivity contribution in [3.63, 3.8) is 0 Å². The summed E-state index contributed by atoms with van der Waals surface area (Å²) in [6, 6.07) is 12.5. The molecule has 45 heavy (non-hydrogen) atoms. The molecule has 0 fully saturated rings. The molecule has 1 unspecified atom stereocenters. The standard InChI is InChI=1S/C33H37FN4O6S/c1-19-35-30(44-37-19)23-13-10-21(16-26(23)42-7)25(39)14-15-33(6,40)27-17-24-29(28(36-27)20-8-11-22(34)12-9-20)43-18-32(24,5)38-45(41)31(2,3)4/h8-13,16-17,38,40H,14-15,18H2,1-7H3/t32-,33-,45?/m1/s1. The number of ketones is 1. The van der Waals surface area contributed by atoms with Gasteiger partial charge in [-0.1, -0.05) is 11.2 Å². The summed E-state index contributed by atoms with van der Waals surface area (Å²) in [6.45, 7) is 11.0. The molecule has 3 atom stereocenters. The summed E-state index contributed by atoms with van der Waals surface area (Å²) < 4.78 is 46.5. The summed E-state index contributed by atoms with van der Waals surface area (Å²) >= 11 is 0. The molecule has 238 valence electrons. The summed E-state index contributed by atoms with van der Waals surface area (Å²) in [4.78, 5) is 22.3. The number of rotatable bonds is 10. The number of benzene rings is 2. The normalized spacial score (nSPS) is 18.2. The third kappa shape index (κ3) is 6.68. The van der Waals surface area contributed by atoms with Crippen LogP contribution in [0.15, 0.2) is 53.1 Å². The number of carbonyl (C=O) groups is 1. The van der Waals surface area contributed by atoms with Crippen LogP contribution in [0.4, 0.5) is 4.39 Å². The number of fused-ring (bicyclic) bond motifs is 1. The molecule has 0 spiro atoms. The molecule has 2 aromatic carbocycles. The first-order valence-corrected chi connectivity index (χ1v) is 15.6. The van der Waals surface area contributed by atoms with E-state index in [1.54, 1.807) is 50.2 Å².